The molecular weight excluding hydrogens is 366 g/mol. The van der Waals surface area contributed by atoms with Gasteiger partial charge in [0.05, 0.1) is 0 Å². The molecule has 3 N–H and O–H groups in total. The highest BCUT2D eigenvalue weighted by Gasteiger charge is 2.61. The Labute approximate surface area is 173 Å². The summed E-state index contributed by atoms with van der Waals surface area (Å²) in [6.45, 7) is 8.09. The molecule has 29 heavy (non-hydrogen) atoms. The molecule has 1 aromatic rings. The van der Waals surface area contributed by atoms with Gasteiger partial charge in [-0.1, -0.05) is 32.9 Å². The van der Waals surface area contributed by atoms with Gasteiger partial charge >= 0.3 is 6.03 Å². The van der Waals surface area contributed by atoms with Gasteiger partial charge < -0.3 is 20.7 Å². The second-order valence-electron chi connectivity index (χ2n) is 9.68. The number of hydrogen-bond acceptors (Lipinski definition) is 3. The molecule has 4 rings (SSSR count). The summed E-state index contributed by atoms with van der Waals surface area (Å²) in [7, 11) is 0. The van der Waals surface area contributed by atoms with Crippen LogP contribution >= 0.6 is 0 Å². The van der Waals surface area contributed by atoms with Gasteiger partial charge in [0.2, 0.25) is 0 Å². The smallest absolute Gasteiger partial charge is 0.315 e. The number of rotatable bonds is 5. The maximum absolute atomic E-state index is 12.5. The third kappa shape index (κ3) is 3.75. The Morgan fingerprint density at radius 3 is 2.69 bits per heavy atom. The summed E-state index contributed by atoms with van der Waals surface area (Å²) in [6.07, 6.45) is 4.87. The van der Waals surface area contributed by atoms with Crippen molar-refractivity contribution in [3.8, 4) is 0 Å². The highest BCUT2D eigenvalue weighted by molar-refractivity contribution is 5.94. The zero-order valence-electron chi connectivity index (χ0n) is 17.7. The molecule has 1 aliphatic heterocycles. The van der Waals surface area contributed by atoms with Crippen molar-refractivity contribution in [3.63, 3.8) is 0 Å². The zero-order valence-corrected chi connectivity index (χ0v) is 17.7. The number of nitrogens with one attached hydrogen (secondary N) is 3. The highest BCUT2D eigenvalue weighted by Crippen LogP contribution is 2.65. The Bertz CT molecular complexity index is 787. The van der Waals surface area contributed by atoms with Gasteiger partial charge in [0.1, 0.15) is 6.10 Å². The quantitative estimate of drug-likeness (QED) is 0.704. The summed E-state index contributed by atoms with van der Waals surface area (Å²) in [4.78, 5) is 24.7. The van der Waals surface area contributed by atoms with Crippen LogP contribution in [0, 0.1) is 16.7 Å². The predicted molar refractivity (Wildman–Crippen MR) is 112 cm³/mol. The van der Waals surface area contributed by atoms with Gasteiger partial charge in [-0.3, -0.25) is 4.79 Å². The van der Waals surface area contributed by atoms with E-state index in [-0.39, 0.29) is 34.9 Å². The Morgan fingerprint density at radius 2 is 2.03 bits per heavy atom. The molecule has 6 nitrogen and oxygen atoms in total. The Balaban J connectivity index is 1.29. The molecule has 2 bridgehead atoms. The number of urea groups is 1. The molecule has 4 atom stereocenters. The zero-order chi connectivity index (χ0) is 20.6. The minimum atomic E-state index is -0.352. The van der Waals surface area contributed by atoms with Gasteiger partial charge in [0.15, 0.2) is 0 Å². The largest absolute Gasteiger partial charge is 0.368 e. The fraction of sp³-hybridized carbons (Fsp3) is 0.652. The summed E-state index contributed by atoms with van der Waals surface area (Å²) in [5.41, 5.74) is 2.12. The van der Waals surface area contributed by atoms with Crippen LogP contribution in [0.15, 0.2) is 24.3 Å². The first-order valence-electron chi connectivity index (χ1n) is 10.9. The van der Waals surface area contributed by atoms with Crippen molar-refractivity contribution in [1.29, 1.82) is 0 Å². The number of hydrogen-bond donors (Lipinski definition) is 3. The van der Waals surface area contributed by atoms with E-state index in [0.29, 0.717) is 19.1 Å². The summed E-state index contributed by atoms with van der Waals surface area (Å²) < 4.78 is 5.43. The predicted octanol–water partition coefficient (Wildman–Crippen LogP) is 3.82. The Hall–Kier alpha value is -2.08. The maximum Gasteiger partial charge on any atom is 0.315 e. The fourth-order valence-electron chi connectivity index (χ4n) is 5.58. The van der Waals surface area contributed by atoms with Gasteiger partial charge in [0, 0.05) is 24.9 Å². The molecule has 2 aliphatic carbocycles. The van der Waals surface area contributed by atoms with Gasteiger partial charge in [-0.05, 0) is 66.5 Å². The van der Waals surface area contributed by atoms with E-state index in [1.165, 1.54) is 12.8 Å². The van der Waals surface area contributed by atoms with E-state index < -0.39 is 0 Å². The lowest BCUT2D eigenvalue weighted by Crippen LogP contribution is -2.49. The average molecular weight is 400 g/mol. The topological polar surface area (TPSA) is 79.5 Å². The molecule has 6 heteroatoms. The third-order valence-electron chi connectivity index (χ3n) is 7.97. The molecule has 3 fully saturated rings. The van der Waals surface area contributed by atoms with E-state index in [0.717, 1.165) is 30.5 Å². The molecule has 1 aromatic carbocycles. The molecule has 0 aromatic heterocycles. The number of amides is 3. The van der Waals surface area contributed by atoms with Crippen molar-refractivity contribution in [2.75, 3.05) is 11.9 Å². The lowest BCUT2D eigenvalue weighted by atomic mass is 9.69. The van der Waals surface area contributed by atoms with Gasteiger partial charge in [-0.15, -0.1) is 0 Å². The first kappa shape index (κ1) is 20.2. The van der Waals surface area contributed by atoms with Crippen LogP contribution in [0.25, 0.3) is 0 Å². The molecule has 4 unspecified atom stereocenters. The lowest BCUT2D eigenvalue weighted by Gasteiger charge is -2.39. The second kappa shape index (κ2) is 7.63. The van der Waals surface area contributed by atoms with Crippen LogP contribution in [0.3, 0.4) is 0 Å². The molecule has 158 valence electrons. The van der Waals surface area contributed by atoms with Crippen LogP contribution in [-0.2, 0) is 16.1 Å². The molecule has 1 saturated heterocycles. The number of ether oxygens (including phenoxy) is 1. The van der Waals surface area contributed by atoms with Crippen molar-refractivity contribution in [2.45, 2.75) is 71.6 Å². The highest BCUT2D eigenvalue weighted by atomic mass is 16.5. The number of carbonyl (C=O) groups excluding carboxylic acids is 2. The first-order chi connectivity index (χ1) is 13.8. The standard InChI is InChI=1S/C23H33N3O3/c1-22(2)16-9-10-23(22,3)19(13-16)26-21(28)24-14-15-6-4-7-17(12-15)25-20(27)18-8-5-11-29-18/h4,6-7,12,16,18-19H,5,8-11,13-14H2,1-3H3,(H,25,27)(H2,24,26,28). The normalized spacial score (nSPS) is 32.2. The van der Waals surface area contributed by atoms with E-state index in [1.54, 1.807) is 0 Å². The van der Waals surface area contributed by atoms with Crippen LogP contribution < -0.4 is 16.0 Å². The van der Waals surface area contributed by atoms with Crippen molar-refractivity contribution in [1.82, 2.24) is 10.6 Å². The van der Waals surface area contributed by atoms with Crippen LogP contribution in [0.2, 0.25) is 0 Å². The van der Waals surface area contributed by atoms with Gasteiger partial charge in [-0.25, -0.2) is 4.79 Å². The lowest BCUT2D eigenvalue weighted by molar-refractivity contribution is -0.124. The molecule has 3 aliphatic rings. The second-order valence-corrected chi connectivity index (χ2v) is 9.68. The van der Waals surface area contributed by atoms with E-state index in [4.69, 9.17) is 4.74 Å². The van der Waals surface area contributed by atoms with Crippen LogP contribution in [0.5, 0.6) is 0 Å². The van der Waals surface area contributed by atoms with Gasteiger partial charge in [-0.2, -0.15) is 0 Å². The number of carbonyl (C=O) groups is 2. The minimum Gasteiger partial charge on any atom is -0.368 e. The SMILES string of the molecule is CC1(C)C2CCC1(C)C(NC(=O)NCc1cccc(NC(=O)C3CCCO3)c1)C2. The molecule has 0 spiro atoms. The van der Waals surface area contributed by atoms with E-state index >= 15 is 0 Å². The first-order valence-corrected chi connectivity index (χ1v) is 10.9. The minimum absolute atomic E-state index is 0.0995. The molecule has 2 saturated carbocycles. The summed E-state index contributed by atoms with van der Waals surface area (Å²) in [6, 6.07) is 7.70. The molecule has 1 heterocycles. The summed E-state index contributed by atoms with van der Waals surface area (Å²) >= 11 is 0. The van der Waals surface area contributed by atoms with E-state index in [9.17, 15) is 9.59 Å². The van der Waals surface area contributed by atoms with Crippen LogP contribution in [0.4, 0.5) is 10.5 Å². The Kier molecular flexibility index (Phi) is 5.32. The monoisotopic (exact) mass is 399 g/mol. The number of benzene rings is 1. The van der Waals surface area contributed by atoms with Crippen molar-refractivity contribution >= 4 is 17.6 Å². The van der Waals surface area contributed by atoms with E-state index in [2.05, 4.69) is 36.7 Å². The summed E-state index contributed by atoms with van der Waals surface area (Å²) in [5, 5.41) is 9.11. The average Bonchev–Trinajstić information content (AvgIpc) is 3.34. The molecular formula is C23H33N3O3. The van der Waals surface area contributed by atoms with Crippen molar-refractivity contribution in [3.05, 3.63) is 29.8 Å². The summed E-state index contributed by atoms with van der Waals surface area (Å²) in [5.74, 6) is 0.597. The van der Waals surface area contributed by atoms with Crippen molar-refractivity contribution in [2.24, 2.45) is 16.7 Å². The van der Waals surface area contributed by atoms with Crippen LogP contribution in [-0.4, -0.2) is 30.7 Å². The third-order valence-corrected chi connectivity index (χ3v) is 7.97. The van der Waals surface area contributed by atoms with Gasteiger partial charge in [0.25, 0.3) is 5.91 Å². The maximum atomic E-state index is 12.5. The molecule has 3 amide bonds. The number of anilines is 1. The fourth-order valence-corrected chi connectivity index (χ4v) is 5.58. The molecule has 0 radical (unpaired) electrons. The van der Waals surface area contributed by atoms with Crippen molar-refractivity contribution < 1.29 is 14.3 Å². The number of fused-ring (bicyclic) bond motifs is 2. The van der Waals surface area contributed by atoms with Crippen LogP contribution in [0.1, 0.15) is 58.4 Å². The van der Waals surface area contributed by atoms with E-state index in [1.807, 2.05) is 24.3 Å². The Morgan fingerprint density at radius 1 is 1.21 bits per heavy atom.